The van der Waals surface area contributed by atoms with Crippen LogP contribution in [0.2, 0.25) is 0 Å². The number of rotatable bonds is 3. The number of carbonyl (C=O) groups excluding carboxylic acids is 1. The number of phenolic OH excluding ortho intramolecular Hbond substituents is 1. The van der Waals surface area contributed by atoms with Gasteiger partial charge in [-0.05, 0) is 19.3 Å². The highest BCUT2D eigenvalue weighted by atomic mass is 16.6. The van der Waals surface area contributed by atoms with Crippen LogP contribution in [0, 0.1) is 21.4 Å². The van der Waals surface area contributed by atoms with E-state index in [-0.39, 0.29) is 16.9 Å². The number of hydrogen-bond acceptors (Lipinski definition) is 6. The highest BCUT2D eigenvalue weighted by Crippen LogP contribution is 2.41. The molecule has 1 aromatic rings. The Kier molecular flexibility index (Phi) is 4.46. The first kappa shape index (κ1) is 15.6. The summed E-state index contributed by atoms with van der Waals surface area (Å²) >= 11 is 0. The minimum Gasteiger partial charge on any atom is -0.499 e. The summed E-state index contributed by atoms with van der Waals surface area (Å²) in [5.41, 5.74) is -1.35. The fourth-order valence-electron chi connectivity index (χ4n) is 2.53. The number of carbonyl (C=O) groups is 1. The van der Waals surface area contributed by atoms with Crippen LogP contribution in [0.3, 0.4) is 0 Å². The molecule has 0 aromatic heterocycles. The highest BCUT2D eigenvalue weighted by molar-refractivity contribution is 6.02. The van der Waals surface area contributed by atoms with Crippen molar-refractivity contribution in [1.82, 2.24) is 4.90 Å². The fourth-order valence-corrected chi connectivity index (χ4v) is 2.53. The third-order valence-corrected chi connectivity index (χ3v) is 3.62. The number of nitro groups is 1. The van der Waals surface area contributed by atoms with Crippen LogP contribution in [-0.2, 0) is 0 Å². The number of benzene rings is 1. The first-order valence-corrected chi connectivity index (χ1v) is 6.79. The number of ether oxygens (including phenoxy) is 1. The van der Waals surface area contributed by atoms with Crippen LogP contribution in [0.1, 0.15) is 35.2 Å². The molecule has 0 bridgehead atoms. The predicted octanol–water partition coefficient (Wildman–Crippen LogP) is 1.81. The van der Waals surface area contributed by atoms with Crippen LogP contribution < -0.4 is 4.74 Å². The molecule has 0 spiro atoms. The molecule has 1 saturated heterocycles. The van der Waals surface area contributed by atoms with Gasteiger partial charge in [0, 0.05) is 19.2 Å². The average Bonchev–Trinajstić information content (AvgIpc) is 2.54. The third-order valence-electron chi connectivity index (χ3n) is 3.62. The molecule has 8 nitrogen and oxygen atoms in total. The van der Waals surface area contributed by atoms with Gasteiger partial charge in [-0.25, -0.2) is 0 Å². The maximum atomic E-state index is 12.6. The Morgan fingerprint density at radius 2 is 2.09 bits per heavy atom. The Labute approximate surface area is 126 Å². The molecule has 1 amide bonds. The van der Waals surface area contributed by atoms with Crippen molar-refractivity contribution in [1.29, 1.82) is 5.26 Å². The minimum absolute atomic E-state index is 0.183. The molecule has 0 atom stereocenters. The number of phenols is 1. The molecule has 0 radical (unpaired) electrons. The number of methoxy groups -OCH3 is 1. The molecule has 1 N–H and O–H groups in total. The summed E-state index contributed by atoms with van der Waals surface area (Å²) in [4.78, 5) is 24.5. The number of nitriles is 1. The van der Waals surface area contributed by atoms with Crippen molar-refractivity contribution in [3.8, 4) is 17.6 Å². The lowest BCUT2D eigenvalue weighted by molar-refractivity contribution is -0.386. The van der Waals surface area contributed by atoms with E-state index in [0.717, 1.165) is 25.3 Å². The maximum absolute atomic E-state index is 12.6. The van der Waals surface area contributed by atoms with Crippen LogP contribution in [0.25, 0.3) is 0 Å². The number of nitrogens with zero attached hydrogens (tertiary/aromatic N) is 3. The Bertz CT molecular complexity index is 659. The number of amides is 1. The van der Waals surface area contributed by atoms with Crippen LogP contribution in [0.5, 0.6) is 11.5 Å². The second kappa shape index (κ2) is 6.30. The standard InChI is InChI=1S/C14H15N3O5/c1-22-10-7-9(8-15)11(12(13(10)18)17(20)21)14(19)16-5-3-2-4-6-16/h7,18H,2-6H2,1H3. The lowest BCUT2D eigenvalue weighted by Crippen LogP contribution is -2.36. The zero-order valence-corrected chi connectivity index (χ0v) is 12.0. The van der Waals surface area contributed by atoms with E-state index in [1.54, 1.807) is 6.07 Å². The van der Waals surface area contributed by atoms with Gasteiger partial charge in [0.1, 0.15) is 11.6 Å². The lowest BCUT2D eigenvalue weighted by atomic mass is 10.0. The van der Waals surface area contributed by atoms with Gasteiger partial charge in [0.2, 0.25) is 5.75 Å². The molecule has 2 rings (SSSR count). The van der Waals surface area contributed by atoms with E-state index in [0.29, 0.717) is 13.1 Å². The molecule has 1 aromatic carbocycles. The van der Waals surface area contributed by atoms with E-state index in [9.17, 15) is 25.3 Å². The monoisotopic (exact) mass is 305 g/mol. The van der Waals surface area contributed by atoms with Crippen LogP contribution in [-0.4, -0.2) is 41.0 Å². The molecule has 1 aliphatic heterocycles. The number of likely N-dealkylation sites (tertiary alicyclic amines) is 1. The van der Waals surface area contributed by atoms with Crippen molar-refractivity contribution in [3.05, 3.63) is 27.3 Å². The average molecular weight is 305 g/mol. The van der Waals surface area contributed by atoms with Crippen LogP contribution in [0.4, 0.5) is 5.69 Å². The molecule has 0 saturated carbocycles. The quantitative estimate of drug-likeness (QED) is 0.672. The van der Waals surface area contributed by atoms with E-state index in [2.05, 4.69) is 0 Å². The van der Waals surface area contributed by atoms with Crippen LogP contribution >= 0.6 is 0 Å². The Hall–Kier alpha value is -2.82. The molecule has 22 heavy (non-hydrogen) atoms. The zero-order chi connectivity index (χ0) is 16.3. The van der Waals surface area contributed by atoms with Gasteiger partial charge in [0.05, 0.1) is 17.6 Å². The lowest BCUT2D eigenvalue weighted by Gasteiger charge is -2.27. The predicted molar refractivity (Wildman–Crippen MR) is 75.8 cm³/mol. The van der Waals surface area contributed by atoms with Crippen molar-refractivity contribution in [2.24, 2.45) is 0 Å². The number of aromatic hydroxyl groups is 1. The van der Waals surface area contributed by atoms with Gasteiger partial charge in [-0.3, -0.25) is 14.9 Å². The summed E-state index contributed by atoms with van der Waals surface area (Å²) in [6, 6.07) is 2.91. The Morgan fingerprint density at radius 3 is 2.59 bits per heavy atom. The second-order valence-corrected chi connectivity index (χ2v) is 4.92. The summed E-state index contributed by atoms with van der Waals surface area (Å²) in [7, 11) is 1.21. The number of nitro benzene ring substituents is 1. The van der Waals surface area contributed by atoms with Crippen molar-refractivity contribution < 1.29 is 19.6 Å². The van der Waals surface area contributed by atoms with Crippen molar-refractivity contribution >= 4 is 11.6 Å². The smallest absolute Gasteiger partial charge is 0.328 e. The summed E-state index contributed by atoms with van der Waals surface area (Å²) in [6.07, 6.45) is 2.61. The minimum atomic E-state index is -0.865. The van der Waals surface area contributed by atoms with E-state index in [1.807, 2.05) is 0 Å². The van der Waals surface area contributed by atoms with Crippen LogP contribution in [0.15, 0.2) is 6.07 Å². The topological polar surface area (TPSA) is 117 Å². The van der Waals surface area contributed by atoms with Gasteiger partial charge >= 0.3 is 5.69 Å². The van der Waals surface area contributed by atoms with Gasteiger partial charge in [-0.15, -0.1) is 0 Å². The van der Waals surface area contributed by atoms with Gasteiger partial charge < -0.3 is 14.7 Å². The molecule has 0 aliphatic carbocycles. The molecule has 1 aliphatic rings. The Balaban J connectivity index is 2.62. The van der Waals surface area contributed by atoms with E-state index in [1.165, 1.54) is 12.0 Å². The van der Waals surface area contributed by atoms with E-state index in [4.69, 9.17) is 4.74 Å². The summed E-state index contributed by atoms with van der Waals surface area (Å²) in [5.74, 6) is -1.56. The van der Waals surface area contributed by atoms with Crippen molar-refractivity contribution in [2.45, 2.75) is 19.3 Å². The van der Waals surface area contributed by atoms with E-state index >= 15 is 0 Å². The van der Waals surface area contributed by atoms with Gasteiger partial charge in [-0.1, -0.05) is 0 Å². The molecular formula is C14H15N3O5. The largest absolute Gasteiger partial charge is 0.499 e. The number of piperidine rings is 1. The third kappa shape index (κ3) is 2.65. The fraction of sp³-hybridized carbons (Fsp3) is 0.429. The summed E-state index contributed by atoms with van der Waals surface area (Å²) in [6.45, 7) is 0.960. The first-order valence-electron chi connectivity index (χ1n) is 6.79. The number of hydrogen-bond donors (Lipinski definition) is 1. The van der Waals surface area contributed by atoms with Gasteiger partial charge in [0.15, 0.2) is 5.75 Å². The molecular weight excluding hydrogens is 290 g/mol. The Morgan fingerprint density at radius 1 is 1.45 bits per heavy atom. The summed E-state index contributed by atoms with van der Waals surface area (Å²) < 4.78 is 4.83. The zero-order valence-electron chi connectivity index (χ0n) is 12.0. The van der Waals surface area contributed by atoms with Gasteiger partial charge in [0.25, 0.3) is 5.91 Å². The van der Waals surface area contributed by atoms with Crippen molar-refractivity contribution in [2.75, 3.05) is 20.2 Å². The summed E-state index contributed by atoms with van der Waals surface area (Å²) in [5, 5.41) is 30.4. The molecule has 1 heterocycles. The maximum Gasteiger partial charge on any atom is 0.328 e. The van der Waals surface area contributed by atoms with Crippen molar-refractivity contribution in [3.63, 3.8) is 0 Å². The molecule has 116 valence electrons. The first-order chi connectivity index (χ1) is 10.5. The molecule has 0 unspecified atom stereocenters. The second-order valence-electron chi connectivity index (χ2n) is 4.92. The highest BCUT2D eigenvalue weighted by Gasteiger charge is 2.34. The van der Waals surface area contributed by atoms with Gasteiger partial charge in [-0.2, -0.15) is 5.26 Å². The van der Waals surface area contributed by atoms with E-state index < -0.39 is 22.3 Å². The normalized spacial score (nSPS) is 14.3. The SMILES string of the molecule is COc1cc(C#N)c(C(=O)N2CCCCC2)c([N+](=O)[O-])c1O. The molecule has 8 heteroatoms. The molecule has 1 fully saturated rings.